The third-order valence-corrected chi connectivity index (χ3v) is 15.2. The lowest BCUT2D eigenvalue weighted by Crippen LogP contribution is -2.71. The minimum Gasteiger partial charge on any atom is -0.371 e. The number of rotatable bonds is 3. The van der Waals surface area contributed by atoms with Gasteiger partial charge in [-0.2, -0.15) is 0 Å². The standard InChI is InChI=1S/C14H28N2.C13H26.C12H23NO.C11H22N2/c1-13(2,3)15-9-11-7-8-12(10-15)16(11)14(4,5)6;1-12(2,3)10-7-8-11(9-10)13(4,5)6;1-8(2)13-7-9-6-10(13)11(14-9)12(3,4)5;1-8(2)12-6-10-5-11(7-12)13(10)9(3)4/h11-12H,7-10H2,1-6H3;10-11H,7-9H2,1-6H3;8-11H,6-7H2,1-5H3;8-11H,5-7H2,1-4H3. The molecule has 7 saturated heterocycles. The highest BCUT2D eigenvalue weighted by atomic mass is 16.5. The summed E-state index contributed by atoms with van der Waals surface area (Å²) in [5.74, 6) is 1.91. The van der Waals surface area contributed by atoms with E-state index in [9.17, 15) is 0 Å². The smallest absolute Gasteiger partial charge is 0.0783 e. The van der Waals surface area contributed by atoms with Gasteiger partial charge in [0.1, 0.15) is 0 Å². The molecule has 6 nitrogen and oxygen atoms in total. The van der Waals surface area contributed by atoms with E-state index in [2.05, 4.69) is 170 Å². The maximum absolute atomic E-state index is 6.06. The Hall–Kier alpha value is -0.240. The molecule has 8 aliphatic rings. The Morgan fingerprint density at radius 2 is 0.946 bits per heavy atom. The summed E-state index contributed by atoms with van der Waals surface area (Å²) in [6.07, 6.45) is 10.8. The third kappa shape index (κ3) is 12.0. The Kier molecular flexibility index (Phi) is 15.6. The van der Waals surface area contributed by atoms with Crippen LogP contribution in [0.4, 0.5) is 0 Å². The molecule has 0 amide bonds. The van der Waals surface area contributed by atoms with Crippen molar-refractivity contribution in [3.8, 4) is 0 Å². The summed E-state index contributed by atoms with van der Waals surface area (Å²) >= 11 is 0. The van der Waals surface area contributed by atoms with Gasteiger partial charge in [0.25, 0.3) is 0 Å². The minimum atomic E-state index is 0.285. The van der Waals surface area contributed by atoms with Gasteiger partial charge in [-0.3, -0.25) is 24.5 Å². The van der Waals surface area contributed by atoms with Crippen LogP contribution in [0.1, 0.15) is 190 Å². The lowest BCUT2D eigenvalue weighted by atomic mass is 9.75. The van der Waals surface area contributed by atoms with Crippen LogP contribution < -0.4 is 0 Å². The Labute approximate surface area is 351 Å². The molecule has 8 rings (SSSR count). The van der Waals surface area contributed by atoms with Crippen LogP contribution in [0.25, 0.3) is 0 Å². The Morgan fingerprint density at radius 3 is 1.27 bits per heavy atom. The molecule has 7 aliphatic heterocycles. The van der Waals surface area contributed by atoms with E-state index in [1.807, 2.05) is 0 Å². The second-order valence-electron chi connectivity index (χ2n) is 25.7. The van der Waals surface area contributed by atoms with Crippen LogP contribution in [0.5, 0.6) is 0 Å². The zero-order chi connectivity index (χ0) is 42.5. The number of likely N-dealkylation sites (tertiary alicyclic amines) is 2. The highest BCUT2D eigenvalue weighted by Gasteiger charge is 2.51. The predicted octanol–water partition coefficient (Wildman–Crippen LogP) is 11.1. The molecule has 9 unspecified atom stereocenters. The average molecular weight is 786 g/mol. The molecule has 1 aliphatic carbocycles. The Bertz CT molecular complexity index is 1160. The topological polar surface area (TPSA) is 25.4 Å². The highest BCUT2D eigenvalue weighted by molar-refractivity contribution is 5.05. The fourth-order valence-corrected chi connectivity index (χ4v) is 12.0. The van der Waals surface area contributed by atoms with E-state index in [1.165, 1.54) is 71.1 Å². The number of hydrogen-bond donors (Lipinski definition) is 0. The number of piperazine rings is 2. The summed E-state index contributed by atoms with van der Waals surface area (Å²) in [7, 11) is 0. The number of ether oxygens (including phenoxy) is 1. The monoisotopic (exact) mass is 786 g/mol. The largest absolute Gasteiger partial charge is 0.371 e. The van der Waals surface area contributed by atoms with Gasteiger partial charge >= 0.3 is 0 Å². The predicted molar refractivity (Wildman–Crippen MR) is 244 cm³/mol. The zero-order valence-corrected chi connectivity index (χ0v) is 41.6. The van der Waals surface area contributed by atoms with Gasteiger partial charge in [-0.15, -0.1) is 0 Å². The van der Waals surface area contributed by atoms with E-state index in [0.29, 0.717) is 46.2 Å². The van der Waals surface area contributed by atoms with Gasteiger partial charge in [0.2, 0.25) is 0 Å². The lowest BCUT2D eigenvalue weighted by Gasteiger charge is -2.59. The van der Waals surface area contributed by atoms with Gasteiger partial charge in [-0.25, -0.2) is 0 Å². The van der Waals surface area contributed by atoms with Crippen molar-refractivity contribution in [2.45, 2.75) is 262 Å². The molecule has 0 radical (unpaired) electrons. The van der Waals surface area contributed by atoms with Gasteiger partial charge in [0.05, 0.1) is 12.2 Å². The fraction of sp³-hybridized carbons (Fsp3) is 1.00. The van der Waals surface area contributed by atoms with Gasteiger partial charge in [0.15, 0.2) is 0 Å². The molecule has 7 heterocycles. The van der Waals surface area contributed by atoms with E-state index in [4.69, 9.17) is 4.74 Å². The van der Waals surface area contributed by atoms with Crippen molar-refractivity contribution in [3.63, 3.8) is 0 Å². The maximum Gasteiger partial charge on any atom is 0.0783 e. The third-order valence-electron chi connectivity index (χ3n) is 15.2. The van der Waals surface area contributed by atoms with E-state index < -0.39 is 0 Å². The SMILES string of the molecule is CC(C)(C)C1CCC(C(C)(C)C)C1.CC(C)(C)N1CC2CCC(C1)N2C(C)(C)C.CC(C)N1CC2CC(C1)N2C(C)C.CC(C)N1CC2CC1C(C(C)(C)C)O2. The Balaban J connectivity index is 0.000000166. The van der Waals surface area contributed by atoms with Crippen molar-refractivity contribution in [3.05, 3.63) is 0 Å². The summed E-state index contributed by atoms with van der Waals surface area (Å²) in [5.41, 5.74) is 2.02. The van der Waals surface area contributed by atoms with Crippen molar-refractivity contribution in [1.82, 2.24) is 24.5 Å². The summed E-state index contributed by atoms with van der Waals surface area (Å²) < 4.78 is 6.06. The van der Waals surface area contributed by atoms with Crippen molar-refractivity contribution in [2.24, 2.45) is 28.1 Å². The van der Waals surface area contributed by atoms with Crippen molar-refractivity contribution in [1.29, 1.82) is 0 Å². The zero-order valence-electron chi connectivity index (χ0n) is 41.6. The summed E-state index contributed by atoms with van der Waals surface area (Å²) in [4.78, 5) is 13.4. The number of hydrogen-bond acceptors (Lipinski definition) is 6. The maximum atomic E-state index is 6.06. The highest BCUT2D eigenvalue weighted by Crippen LogP contribution is 2.48. The molecular weight excluding hydrogens is 687 g/mol. The van der Waals surface area contributed by atoms with Crippen LogP contribution in [0.2, 0.25) is 0 Å². The number of piperidine rings is 1. The van der Waals surface area contributed by atoms with Crippen LogP contribution in [0.15, 0.2) is 0 Å². The van der Waals surface area contributed by atoms with Crippen LogP contribution in [0, 0.1) is 28.1 Å². The van der Waals surface area contributed by atoms with E-state index in [0.717, 1.165) is 54.6 Å². The van der Waals surface area contributed by atoms with Crippen LogP contribution >= 0.6 is 0 Å². The number of morpholine rings is 1. The molecule has 8 fully saturated rings. The van der Waals surface area contributed by atoms with Crippen molar-refractivity contribution >= 4 is 0 Å². The second kappa shape index (κ2) is 18.0. The van der Waals surface area contributed by atoms with Crippen molar-refractivity contribution < 1.29 is 4.74 Å². The lowest BCUT2D eigenvalue weighted by molar-refractivity contribution is -0.0955. The van der Waals surface area contributed by atoms with Crippen molar-refractivity contribution in [2.75, 3.05) is 32.7 Å². The first kappa shape index (κ1) is 48.4. The summed E-state index contributed by atoms with van der Waals surface area (Å²) in [6, 6.07) is 6.12. The molecule has 9 atom stereocenters. The van der Waals surface area contributed by atoms with E-state index in [1.54, 1.807) is 0 Å². The molecular formula is C50H99N5O. The van der Waals surface area contributed by atoms with E-state index >= 15 is 0 Å². The molecule has 1 saturated carbocycles. The molecule has 56 heavy (non-hydrogen) atoms. The Morgan fingerprint density at radius 1 is 0.464 bits per heavy atom. The fourth-order valence-electron chi connectivity index (χ4n) is 12.0. The molecule has 6 heteroatoms. The molecule has 0 aromatic heterocycles. The molecule has 330 valence electrons. The van der Waals surface area contributed by atoms with Crippen LogP contribution in [-0.2, 0) is 4.74 Å². The second-order valence-corrected chi connectivity index (χ2v) is 25.7. The average Bonchev–Trinajstić information content (AvgIpc) is 3.83. The first-order valence-corrected chi connectivity index (χ1v) is 23.9. The van der Waals surface area contributed by atoms with Gasteiger partial charge in [-0.1, -0.05) is 62.3 Å². The van der Waals surface area contributed by atoms with Gasteiger partial charge in [0, 0.05) is 92.1 Å². The summed E-state index contributed by atoms with van der Waals surface area (Å²) in [5, 5.41) is 0. The summed E-state index contributed by atoms with van der Waals surface area (Å²) in [6.45, 7) is 55.5. The molecule has 0 N–H and O–H groups in total. The first-order chi connectivity index (χ1) is 25.4. The quantitative estimate of drug-likeness (QED) is 0.283. The molecule has 0 aromatic carbocycles. The molecule has 0 spiro atoms. The molecule has 0 aromatic rings. The number of fused-ring (bicyclic) bond motifs is 6. The minimum absolute atomic E-state index is 0.285. The first-order valence-electron chi connectivity index (χ1n) is 23.9. The van der Waals surface area contributed by atoms with E-state index in [-0.39, 0.29) is 5.41 Å². The van der Waals surface area contributed by atoms with Crippen LogP contribution in [-0.4, -0.2) is 129 Å². The molecule has 6 bridgehead atoms. The number of nitrogens with zero attached hydrogens (tertiary/aromatic N) is 5. The van der Waals surface area contributed by atoms with Gasteiger partial charge < -0.3 is 4.74 Å². The normalized spacial score (nSPS) is 34.6. The van der Waals surface area contributed by atoms with Crippen LogP contribution in [0.3, 0.4) is 0 Å². The van der Waals surface area contributed by atoms with Gasteiger partial charge in [-0.05, 0) is 156 Å².